The van der Waals surface area contributed by atoms with Gasteiger partial charge in [-0.05, 0) is 53.2 Å². The van der Waals surface area contributed by atoms with Crippen molar-refractivity contribution in [3.05, 3.63) is 112 Å². The molecular weight excluding hydrogens is 789 g/mol. The molecule has 306 valence electrons. The molecule has 16 nitrogen and oxygen atoms in total. The Morgan fingerprint density at radius 3 is 2.14 bits per heavy atom. The van der Waals surface area contributed by atoms with Crippen LogP contribution in [-0.2, 0) is 34.4 Å². The summed E-state index contributed by atoms with van der Waals surface area (Å²) in [6.07, 6.45) is -3.54. The summed E-state index contributed by atoms with van der Waals surface area (Å²) in [4.78, 5) is 38.7. The van der Waals surface area contributed by atoms with Gasteiger partial charge < -0.3 is 33.7 Å². The number of hydrogen-bond acceptors (Lipinski definition) is 13. The number of aliphatic hydroxyl groups excluding tert-OH is 1. The van der Waals surface area contributed by atoms with Crippen molar-refractivity contribution >= 4 is 50.2 Å². The van der Waals surface area contributed by atoms with Crippen molar-refractivity contribution in [3.8, 4) is 11.5 Å². The van der Waals surface area contributed by atoms with E-state index in [1.54, 1.807) is 33.0 Å². The molecule has 3 aromatic carbocycles. The first kappa shape index (κ1) is 40.8. The summed E-state index contributed by atoms with van der Waals surface area (Å²) in [5.41, 5.74) is 0.404. The molecule has 4 atom stereocenters. The second-order valence-corrected chi connectivity index (χ2v) is 16.9. The van der Waals surface area contributed by atoms with Gasteiger partial charge in [-0.3, -0.25) is 24.5 Å². The van der Waals surface area contributed by atoms with Crippen molar-refractivity contribution < 1.29 is 42.0 Å². The molecule has 0 saturated carbocycles. The number of methoxy groups -OCH3 is 2. The van der Waals surface area contributed by atoms with Crippen LogP contribution < -0.4 is 20.3 Å². The highest BCUT2D eigenvalue weighted by Crippen LogP contribution is 2.43. The van der Waals surface area contributed by atoms with E-state index in [9.17, 15) is 23.1 Å². The number of aliphatic hydroxyl groups is 1. The number of aromatic nitrogens is 4. The lowest BCUT2D eigenvalue weighted by molar-refractivity contribution is -0.118. The minimum Gasteiger partial charge on any atom is -0.497 e. The Hall–Kier alpha value is -5.40. The summed E-state index contributed by atoms with van der Waals surface area (Å²) in [5.74, 6) is 0.195. The van der Waals surface area contributed by atoms with Crippen LogP contribution in [0.15, 0.2) is 90.0 Å². The van der Waals surface area contributed by atoms with Gasteiger partial charge in [0.15, 0.2) is 33.3 Å². The van der Waals surface area contributed by atoms with E-state index in [1.165, 1.54) is 10.9 Å². The molecule has 18 heteroatoms. The van der Waals surface area contributed by atoms with Crippen molar-refractivity contribution in [1.82, 2.24) is 24.4 Å². The first-order valence-electron chi connectivity index (χ1n) is 18.6. The molecule has 2 aliphatic rings. The van der Waals surface area contributed by atoms with Crippen LogP contribution in [0.5, 0.6) is 11.5 Å². The summed E-state index contributed by atoms with van der Waals surface area (Å²) in [7, 11) is -0.0578. The first-order chi connectivity index (χ1) is 27.8. The van der Waals surface area contributed by atoms with Crippen molar-refractivity contribution in [2.45, 2.75) is 44.0 Å². The second kappa shape index (κ2) is 16.8. The quantitative estimate of drug-likeness (QED) is 0.122. The standard InChI is InChI=1S/C40H44N6O10S2/c1-24(2)35(48)43-38-42-34-31(36(49)44-38)41-23-46(34)37-33(56-39(57)45-18-20-58(50,51)21-19-45)32(47)30(55-37)22-54-40(25-8-6-5-7-9-25,26-10-14-28(52-3)15-11-26)27-12-16-29(53-4)17-13-27/h5-17,23-24,30,32-33,37,47H,18-22H2,1-4H3,(H2,42,43,44,48,49)/t30-,32?,33+,37-/m1/s1. The lowest BCUT2D eigenvalue weighted by Crippen LogP contribution is -2.47. The lowest BCUT2D eigenvalue weighted by atomic mass is 9.80. The molecule has 7 rings (SSSR count). The highest BCUT2D eigenvalue weighted by molar-refractivity contribution is 7.91. The monoisotopic (exact) mass is 832 g/mol. The Labute approximate surface area is 340 Å². The summed E-state index contributed by atoms with van der Waals surface area (Å²) in [6.45, 7) is 3.41. The van der Waals surface area contributed by atoms with E-state index in [1.807, 2.05) is 78.9 Å². The van der Waals surface area contributed by atoms with Gasteiger partial charge in [0.1, 0.15) is 29.3 Å². The molecular formula is C40H44N6O10S2. The lowest BCUT2D eigenvalue weighted by Gasteiger charge is -2.37. The molecule has 0 radical (unpaired) electrons. The summed E-state index contributed by atoms with van der Waals surface area (Å²) < 4.78 is 56.8. The van der Waals surface area contributed by atoms with Gasteiger partial charge in [0.25, 0.3) is 10.7 Å². The third kappa shape index (κ3) is 8.15. The number of hydrogen-bond donors (Lipinski definition) is 3. The number of amides is 1. The Kier molecular flexibility index (Phi) is 11.8. The average Bonchev–Trinajstić information content (AvgIpc) is 3.79. The maximum absolute atomic E-state index is 13.2. The Morgan fingerprint density at radius 1 is 0.983 bits per heavy atom. The highest BCUT2D eigenvalue weighted by Gasteiger charge is 2.50. The van der Waals surface area contributed by atoms with Crippen LogP contribution >= 0.6 is 12.2 Å². The molecule has 5 aromatic rings. The largest absolute Gasteiger partial charge is 0.497 e. The van der Waals surface area contributed by atoms with Crippen LogP contribution in [0.2, 0.25) is 0 Å². The van der Waals surface area contributed by atoms with Gasteiger partial charge in [0, 0.05) is 19.0 Å². The topological polar surface area (TPSA) is 196 Å². The van der Waals surface area contributed by atoms with Crippen LogP contribution in [0.1, 0.15) is 36.8 Å². The van der Waals surface area contributed by atoms with E-state index >= 15 is 0 Å². The summed E-state index contributed by atoms with van der Waals surface area (Å²) in [5, 5.41) is 14.7. The van der Waals surface area contributed by atoms with Gasteiger partial charge in [0.05, 0.1) is 38.7 Å². The molecule has 1 amide bonds. The normalized spacial score (nSPS) is 20.6. The van der Waals surface area contributed by atoms with Gasteiger partial charge in [-0.1, -0.05) is 68.4 Å². The van der Waals surface area contributed by atoms with Crippen LogP contribution in [-0.4, -0.2) is 113 Å². The number of sulfone groups is 1. The SMILES string of the molecule is COc1ccc(C(OC[C@H]2O[C@@H](n3cnc4c(=O)[nH]c(NC(=O)C(C)C)nc43)[C@@H](OC(=S)N3CCS(=O)(=O)CC3)C2O)(c2ccccc2)c2ccc(OC)cc2)cc1. The number of fused-ring (bicyclic) bond motifs is 1. The summed E-state index contributed by atoms with van der Waals surface area (Å²) in [6, 6.07) is 24.6. The van der Waals surface area contributed by atoms with Crippen LogP contribution in [0.25, 0.3) is 11.2 Å². The van der Waals surface area contributed by atoms with Gasteiger partial charge in [-0.25, -0.2) is 13.4 Å². The molecule has 58 heavy (non-hydrogen) atoms. The molecule has 0 aliphatic carbocycles. The fraction of sp³-hybridized carbons (Fsp3) is 0.375. The molecule has 2 fully saturated rings. The first-order valence-corrected chi connectivity index (χ1v) is 20.8. The van der Waals surface area contributed by atoms with E-state index in [4.69, 9.17) is 35.9 Å². The van der Waals surface area contributed by atoms with E-state index < -0.39 is 51.5 Å². The number of ether oxygens (including phenoxy) is 5. The third-order valence-electron chi connectivity index (χ3n) is 10.3. The maximum Gasteiger partial charge on any atom is 0.280 e. The fourth-order valence-electron chi connectivity index (χ4n) is 7.01. The predicted octanol–water partition coefficient (Wildman–Crippen LogP) is 3.40. The van der Waals surface area contributed by atoms with Crippen LogP contribution in [0.4, 0.5) is 5.95 Å². The number of nitrogens with zero attached hydrogens (tertiary/aromatic N) is 4. The van der Waals surface area contributed by atoms with Gasteiger partial charge in [-0.15, -0.1) is 0 Å². The minimum atomic E-state index is -3.23. The number of anilines is 1. The van der Waals surface area contributed by atoms with Crippen molar-refractivity contribution in [2.75, 3.05) is 50.7 Å². The number of H-pyrrole nitrogens is 1. The number of aromatic amines is 1. The van der Waals surface area contributed by atoms with Crippen molar-refractivity contribution in [1.29, 1.82) is 0 Å². The van der Waals surface area contributed by atoms with E-state index in [2.05, 4.69) is 20.3 Å². The zero-order valence-corrected chi connectivity index (χ0v) is 33.9. The zero-order valence-electron chi connectivity index (χ0n) is 32.2. The van der Waals surface area contributed by atoms with Gasteiger partial charge in [-0.2, -0.15) is 4.98 Å². The van der Waals surface area contributed by atoms with Crippen LogP contribution in [0, 0.1) is 5.92 Å². The Morgan fingerprint density at radius 2 is 1.57 bits per heavy atom. The van der Waals surface area contributed by atoms with Crippen molar-refractivity contribution in [2.24, 2.45) is 5.92 Å². The van der Waals surface area contributed by atoms with Crippen molar-refractivity contribution in [3.63, 3.8) is 0 Å². The molecule has 0 bridgehead atoms. The Balaban J connectivity index is 1.28. The molecule has 2 aromatic heterocycles. The molecule has 0 spiro atoms. The van der Waals surface area contributed by atoms with E-state index in [-0.39, 0.29) is 59.4 Å². The molecule has 4 heterocycles. The van der Waals surface area contributed by atoms with Gasteiger partial charge >= 0.3 is 0 Å². The molecule has 3 N–H and O–H groups in total. The van der Waals surface area contributed by atoms with Gasteiger partial charge in [0.2, 0.25) is 11.9 Å². The van der Waals surface area contributed by atoms with Crippen LogP contribution in [0.3, 0.4) is 0 Å². The predicted molar refractivity (Wildman–Crippen MR) is 217 cm³/mol. The number of thiocarbonyl (C=S) groups is 1. The fourth-order valence-corrected chi connectivity index (χ4v) is 8.50. The maximum atomic E-state index is 13.2. The molecule has 1 unspecified atom stereocenters. The van der Waals surface area contributed by atoms with E-state index in [0.29, 0.717) is 11.5 Å². The molecule has 2 aliphatic heterocycles. The smallest absolute Gasteiger partial charge is 0.280 e. The minimum absolute atomic E-state index is 0.0377. The number of carbonyl (C=O) groups is 1. The summed E-state index contributed by atoms with van der Waals surface area (Å²) >= 11 is 5.67. The highest BCUT2D eigenvalue weighted by atomic mass is 32.2. The van der Waals surface area contributed by atoms with E-state index in [0.717, 1.165) is 16.7 Å². The number of imidazole rings is 1. The number of carbonyl (C=O) groups excluding carboxylic acids is 1. The second-order valence-electron chi connectivity index (χ2n) is 14.2. The molecule has 2 saturated heterocycles. The number of nitrogens with one attached hydrogen (secondary N) is 2. The number of benzene rings is 3. The zero-order chi connectivity index (χ0) is 41.2. The third-order valence-corrected chi connectivity index (χ3v) is 12.2. The Bertz CT molecular complexity index is 2360. The average molecular weight is 833 g/mol. The number of rotatable bonds is 12.